The minimum atomic E-state index is -0.0344. The number of nitrogens with zero attached hydrogens (tertiary/aromatic N) is 1. The number of nitrogens with one attached hydrogen (secondary N) is 1. The van der Waals surface area contributed by atoms with Gasteiger partial charge in [-0.3, -0.25) is 9.69 Å². The highest BCUT2D eigenvalue weighted by atomic mass is 35.5. The van der Waals surface area contributed by atoms with Crippen molar-refractivity contribution in [3.63, 3.8) is 0 Å². The lowest BCUT2D eigenvalue weighted by molar-refractivity contribution is -0.121. The zero-order valence-corrected chi connectivity index (χ0v) is 17.5. The SMILES string of the molecule is COc1ccc(OC)c(NC(=O)C2CCN(Cc3ccc(Cl)cc3Cl)CC2)c1. The second-order valence-corrected chi connectivity index (χ2v) is 7.69. The summed E-state index contributed by atoms with van der Waals surface area (Å²) in [6.45, 7) is 2.44. The Morgan fingerprint density at radius 3 is 2.50 bits per heavy atom. The summed E-state index contributed by atoms with van der Waals surface area (Å²) in [5.74, 6) is 1.26. The van der Waals surface area contributed by atoms with Gasteiger partial charge in [-0.1, -0.05) is 29.3 Å². The number of ether oxygens (including phenoxy) is 2. The highest BCUT2D eigenvalue weighted by Gasteiger charge is 2.26. The van der Waals surface area contributed by atoms with Crippen LogP contribution < -0.4 is 14.8 Å². The van der Waals surface area contributed by atoms with Crippen LogP contribution in [0, 0.1) is 5.92 Å². The van der Waals surface area contributed by atoms with E-state index in [-0.39, 0.29) is 11.8 Å². The van der Waals surface area contributed by atoms with Gasteiger partial charge in [0.25, 0.3) is 0 Å². The van der Waals surface area contributed by atoms with E-state index < -0.39 is 0 Å². The number of amides is 1. The van der Waals surface area contributed by atoms with Gasteiger partial charge >= 0.3 is 0 Å². The zero-order chi connectivity index (χ0) is 20.1. The number of rotatable bonds is 6. The zero-order valence-electron chi connectivity index (χ0n) is 16.0. The molecule has 1 fully saturated rings. The molecule has 1 N–H and O–H groups in total. The van der Waals surface area contributed by atoms with E-state index in [9.17, 15) is 4.79 Å². The van der Waals surface area contributed by atoms with Crippen LogP contribution in [0.4, 0.5) is 5.69 Å². The third-order valence-electron chi connectivity index (χ3n) is 5.03. The fraction of sp³-hybridized carbons (Fsp3) is 0.381. The quantitative estimate of drug-likeness (QED) is 0.721. The molecule has 1 heterocycles. The van der Waals surface area contributed by atoms with Gasteiger partial charge in [0, 0.05) is 28.6 Å². The Hall–Kier alpha value is -1.95. The maximum Gasteiger partial charge on any atom is 0.227 e. The van der Waals surface area contributed by atoms with Gasteiger partial charge in [-0.15, -0.1) is 0 Å². The summed E-state index contributed by atoms with van der Waals surface area (Å²) < 4.78 is 10.6. The summed E-state index contributed by atoms with van der Waals surface area (Å²) in [6.07, 6.45) is 1.59. The Morgan fingerprint density at radius 1 is 1.11 bits per heavy atom. The van der Waals surface area contributed by atoms with Crippen molar-refractivity contribution in [3.8, 4) is 11.5 Å². The summed E-state index contributed by atoms with van der Waals surface area (Å²) in [7, 11) is 3.17. The first-order chi connectivity index (χ1) is 13.5. The molecular weight excluding hydrogens is 399 g/mol. The van der Waals surface area contributed by atoms with Crippen LogP contribution in [0.3, 0.4) is 0 Å². The first kappa shape index (κ1) is 20.8. The summed E-state index contributed by atoms with van der Waals surface area (Å²) >= 11 is 12.2. The van der Waals surface area contributed by atoms with Crippen molar-refractivity contribution in [1.29, 1.82) is 0 Å². The molecular formula is C21H24Cl2N2O3. The largest absolute Gasteiger partial charge is 0.497 e. The molecule has 0 aliphatic carbocycles. The van der Waals surface area contributed by atoms with Crippen LogP contribution in [0.25, 0.3) is 0 Å². The Bertz CT molecular complexity index is 836. The smallest absolute Gasteiger partial charge is 0.227 e. The Kier molecular flexibility index (Phi) is 7.05. The van der Waals surface area contributed by atoms with Crippen molar-refractivity contribution >= 4 is 34.8 Å². The lowest BCUT2D eigenvalue weighted by atomic mass is 9.95. The molecule has 1 aliphatic rings. The number of halogens is 2. The lowest BCUT2D eigenvalue weighted by Crippen LogP contribution is -2.37. The molecule has 1 aliphatic heterocycles. The normalized spacial score (nSPS) is 15.3. The molecule has 0 radical (unpaired) electrons. The highest BCUT2D eigenvalue weighted by Crippen LogP contribution is 2.30. The third kappa shape index (κ3) is 5.10. The van der Waals surface area contributed by atoms with E-state index >= 15 is 0 Å². The van der Waals surface area contributed by atoms with E-state index in [2.05, 4.69) is 10.2 Å². The van der Waals surface area contributed by atoms with E-state index in [4.69, 9.17) is 32.7 Å². The number of carbonyl (C=O) groups excluding carboxylic acids is 1. The number of piperidine rings is 1. The summed E-state index contributed by atoms with van der Waals surface area (Å²) in [4.78, 5) is 15.0. The number of carbonyl (C=O) groups is 1. The van der Waals surface area contributed by atoms with Crippen molar-refractivity contribution in [1.82, 2.24) is 4.90 Å². The van der Waals surface area contributed by atoms with Gasteiger partial charge in [0.15, 0.2) is 0 Å². The van der Waals surface area contributed by atoms with E-state index in [1.165, 1.54) is 0 Å². The van der Waals surface area contributed by atoms with Crippen LogP contribution in [0.5, 0.6) is 11.5 Å². The Balaban J connectivity index is 1.57. The Morgan fingerprint density at radius 2 is 1.86 bits per heavy atom. The first-order valence-corrected chi connectivity index (χ1v) is 9.95. The van der Waals surface area contributed by atoms with Gasteiger partial charge in [-0.2, -0.15) is 0 Å². The van der Waals surface area contributed by atoms with E-state index in [1.54, 1.807) is 38.5 Å². The molecule has 28 heavy (non-hydrogen) atoms. The topological polar surface area (TPSA) is 50.8 Å². The predicted molar refractivity (Wildman–Crippen MR) is 113 cm³/mol. The molecule has 0 aromatic heterocycles. The maximum absolute atomic E-state index is 12.7. The molecule has 5 nitrogen and oxygen atoms in total. The van der Waals surface area contributed by atoms with Gasteiger partial charge in [0.2, 0.25) is 5.91 Å². The van der Waals surface area contributed by atoms with Crippen molar-refractivity contribution in [3.05, 3.63) is 52.0 Å². The molecule has 0 spiro atoms. The first-order valence-electron chi connectivity index (χ1n) is 9.19. The van der Waals surface area contributed by atoms with Gasteiger partial charge in [0.1, 0.15) is 11.5 Å². The molecule has 2 aromatic rings. The fourth-order valence-corrected chi connectivity index (χ4v) is 3.86. The summed E-state index contributed by atoms with van der Waals surface area (Å²) in [6, 6.07) is 10.9. The predicted octanol–water partition coefficient (Wildman–Crippen LogP) is 4.86. The number of anilines is 1. The molecule has 0 atom stereocenters. The van der Waals surface area contributed by atoms with Crippen LogP contribution in [0.2, 0.25) is 10.0 Å². The molecule has 1 amide bonds. The number of benzene rings is 2. The number of hydrogen-bond donors (Lipinski definition) is 1. The molecule has 150 valence electrons. The van der Waals surface area contributed by atoms with Crippen molar-refractivity contribution < 1.29 is 14.3 Å². The lowest BCUT2D eigenvalue weighted by Gasteiger charge is -2.31. The fourth-order valence-electron chi connectivity index (χ4n) is 3.39. The molecule has 3 rings (SSSR count). The molecule has 1 saturated heterocycles. The van der Waals surface area contributed by atoms with Crippen LogP contribution in [0.1, 0.15) is 18.4 Å². The average Bonchev–Trinajstić information content (AvgIpc) is 2.70. The van der Waals surface area contributed by atoms with E-state index in [0.29, 0.717) is 27.2 Å². The third-order valence-corrected chi connectivity index (χ3v) is 5.62. The van der Waals surface area contributed by atoms with Crippen LogP contribution in [-0.2, 0) is 11.3 Å². The standard InChI is InChI=1S/C21H24Cl2N2O3/c1-27-17-5-6-20(28-2)19(12-17)24-21(26)14-7-9-25(10-8-14)13-15-3-4-16(22)11-18(15)23/h3-6,11-12,14H,7-10,13H2,1-2H3,(H,24,26). The highest BCUT2D eigenvalue weighted by molar-refractivity contribution is 6.35. The van der Waals surface area contributed by atoms with Crippen LogP contribution >= 0.6 is 23.2 Å². The Labute approximate surface area is 175 Å². The second kappa shape index (κ2) is 9.50. The van der Waals surface area contributed by atoms with Crippen molar-refractivity contribution in [2.45, 2.75) is 19.4 Å². The minimum absolute atomic E-state index is 0.00993. The van der Waals surface area contributed by atoms with Gasteiger partial charge < -0.3 is 14.8 Å². The van der Waals surface area contributed by atoms with Crippen molar-refractivity contribution in [2.24, 2.45) is 5.92 Å². The average molecular weight is 423 g/mol. The molecule has 7 heteroatoms. The van der Waals surface area contributed by atoms with Crippen LogP contribution in [-0.4, -0.2) is 38.1 Å². The van der Waals surface area contributed by atoms with Crippen molar-refractivity contribution in [2.75, 3.05) is 32.6 Å². The summed E-state index contributed by atoms with van der Waals surface area (Å²) in [5, 5.41) is 4.30. The van der Waals surface area contributed by atoms with E-state index in [1.807, 2.05) is 12.1 Å². The number of likely N-dealkylation sites (tertiary alicyclic amines) is 1. The maximum atomic E-state index is 12.7. The molecule has 2 aromatic carbocycles. The molecule has 0 saturated carbocycles. The summed E-state index contributed by atoms with van der Waals surface area (Å²) in [5.41, 5.74) is 1.68. The van der Waals surface area contributed by atoms with E-state index in [0.717, 1.165) is 38.0 Å². The van der Waals surface area contributed by atoms with Gasteiger partial charge in [0.05, 0.1) is 19.9 Å². The molecule has 0 unspecified atom stereocenters. The second-order valence-electron chi connectivity index (χ2n) is 6.84. The molecule has 0 bridgehead atoms. The number of hydrogen-bond acceptors (Lipinski definition) is 4. The van der Waals surface area contributed by atoms with Crippen LogP contribution in [0.15, 0.2) is 36.4 Å². The van der Waals surface area contributed by atoms with Gasteiger partial charge in [-0.05, 0) is 55.8 Å². The monoisotopic (exact) mass is 422 g/mol. The minimum Gasteiger partial charge on any atom is -0.497 e. The van der Waals surface area contributed by atoms with Gasteiger partial charge in [-0.25, -0.2) is 0 Å². The number of methoxy groups -OCH3 is 2.